The first-order valence-electron chi connectivity index (χ1n) is 6.91. The largest absolute Gasteiger partial charge is 0.385 e. The molecule has 2 rings (SSSR count). The maximum absolute atomic E-state index is 11.9. The summed E-state index contributed by atoms with van der Waals surface area (Å²) in [5, 5.41) is 11.1. The van der Waals surface area contributed by atoms with Crippen LogP contribution in [0.15, 0.2) is 11.6 Å². The van der Waals surface area contributed by atoms with Crippen LogP contribution >= 0.6 is 0 Å². The Labute approximate surface area is 104 Å². The number of hydrogen-bond donors (Lipinski definition) is 1. The van der Waals surface area contributed by atoms with E-state index in [-0.39, 0.29) is 11.7 Å². The smallest absolute Gasteiger partial charge is 0.161 e. The number of hydrogen-bond acceptors (Lipinski definition) is 2. The number of aliphatic hydroxyl groups is 1. The van der Waals surface area contributed by atoms with E-state index >= 15 is 0 Å². The van der Waals surface area contributed by atoms with Crippen molar-refractivity contribution in [1.29, 1.82) is 0 Å². The van der Waals surface area contributed by atoms with Gasteiger partial charge in [0.05, 0.1) is 5.60 Å². The molecule has 2 nitrogen and oxygen atoms in total. The van der Waals surface area contributed by atoms with Gasteiger partial charge in [-0.1, -0.05) is 33.3 Å². The van der Waals surface area contributed by atoms with Gasteiger partial charge in [-0.25, -0.2) is 0 Å². The van der Waals surface area contributed by atoms with Gasteiger partial charge in [-0.15, -0.1) is 0 Å². The Morgan fingerprint density at radius 3 is 2.65 bits per heavy atom. The first kappa shape index (κ1) is 12.8. The molecule has 0 bridgehead atoms. The van der Waals surface area contributed by atoms with Gasteiger partial charge in [0.2, 0.25) is 0 Å². The van der Waals surface area contributed by atoms with E-state index in [9.17, 15) is 9.90 Å². The van der Waals surface area contributed by atoms with Crippen molar-refractivity contribution in [2.45, 2.75) is 58.5 Å². The highest BCUT2D eigenvalue weighted by Gasteiger charge is 2.47. The summed E-state index contributed by atoms with van der Waals surface area (Å²) in [5.74, 6) is 1.37. The second-order valence-electron chi connectivity index (χ2n) is 6.24. The summed E-state index contributed by atoms with van der Waals surface area (Å²) >= 11 is 0. The lowest BCUT2D eigenvalue weighted by molar-refractivity contribution is -0.120. The van der Waals surface area contributed by atoms with Gasteiger partial charge in [0.1, 0.15) is 0 Å². The van der Waals surface area contributed by atoms with Crippen LogP contribution in [0.5, 0.6) is 0 Å². The average Bonchev–Trinajstić information content (AvgIpc) is 2.64. The maximum atomic E-state index is 11.9. The Hall–Kier alpha value is -0.630. The zero-order chi connectivity index (χ0) is 12.6. The molecule has 0 spiro atoms. The van der Waals surface area contributed by atoms with Gasteiger partial charge in [0, 0.05) is 12.0 Å². The molecule has 0 radical (unpaired) electrons. The van der Waals surface area contributed by atoms with Crippen molar-refractivity contribution in [3.63, 3.8) is 0 Å². The molecule has 3 atom stereocenters. The Morgan fingerprint density at radius 2 is 2.12 bits per heavy atom. The lowest BCUT2D eigenvalue weighted by atomic mass is 9.64. The first-order chi connectivity index (χ1) is 7.95. The predicted molar refractivity (Wildman–Crippen MR) is 68.6 cm³/mol. The quantitative estimate of drug-likeness (QED) is 0.800. The van der Waals surface area contributed by atoms with E-state index in [1.54, 1.807) is 0 Å². The number of rotatable bonds is 2. The van der Waals surface area contributed by atoms with Gasteiger partial charge in [-0.05, 0) is 37.0 Å². The molecule has 96 valence electrons. The van der Waals surface area contributed by atoms with Crippen LogP contribution in [0, 0.1) is 17.8 Å². The molecule has 1 fully saturated rings. The summed E-state index contributed by atoms with van der Waals surface area (Å²) in [6.07, 6.45) is 6.36. The van der Waals surface area contributed by atoms with Crippen molar-refractivity contribution in [3.8, 4) is 0 Å². The van der Waals surface area contributed by atoms with E-state index in [4.69, 9.17) is 0 Å². The molecular formula is C15H24O2. The second-order valence-corrected chi connectivity index (χ2v) is 6.24. The van der Waals surface area contributed by atoms with Gasteiger partial charge < -0.3 is 5.11 Å². The maximum Gasteiger partial charge on any atom is 0.161 e. The molecule has 0 aromatic carbocycles. The van der Waals surface area contributed by atoms with Crippen molar-refractivity contribution in [2.24, 2.45) is 17.8 Å². The lowest BCUT2D eigenvalue weighted by Gasteiger charge is -2.45. The van der Waals surface area contributed by atoms with E-state index in [0.717, 1.165) is 24.8 Å². The normalized spacial score (nSPS) is 38.6. The van der Waals surface area contributed by atoms with Crippen LogP contribution in [0.2, 0.25) is 0 Å². The van der Waals surface area contributed by atoms with Gasteiger partial charge in [0.15, 0.2) is 5.78 Å². The zero-order valence-electron chi connectivity index (χ0n) is 11.2. The molecule has 0 saturated heterocycles. The molecule has 0 aliphatic heterocycles. The molecular weight excluding hydrogens is 212 g/mol. The van der Waals surface area contributed by atoms with E-state index in [2.05, 4.69) is 20.8 Å². The zero-order valence-corrected chi connectivity index (χ0v) is 11.2. The molecule has 2 aliphatic rings. The standard InChI is InChI=1S/C15H24O2/c1-10(2)12-8-7-11(3)9-15(12,17)13-5-4-6-14(13)16/h5,10-12,17H,4,6-9H2,1-3H3/t11-,12-,15+/m1/s1. The summed E-state index contributed by atoms with van der Waals surface area (Å²) in [7, 11) is 0. The van der Waals surface area contributed by atoms with Crippen molar-refractivity contribution in [3.05, 3.63) is 11.6 Å². The minimum absolute atomic E-state index is 0.173. The average molecular weight is 236 g/mol. The highest BCUT2D eigenvalue weighted by Crippen LogP contribution is 2.46. The van der Waals surface area contributed by atoms with E-state index in [0.29, 0.717) is 18.3 Å². The molecule has 0 aromatic rings. The minimum atomic E-state index is -0.848. The fraction of sp³-hybridized carbons (Fsp3) is 0.800. The Morgan fingerprint density at radius 1 is 1.41 bits per heavy atom. The number of Topliss-reactive ketones (excluding diaryl/α,β-unsaturated/α-hetero) is 1. The SMILES string of the molecule is CC(C)[C@H]1CC[C@@H](C)C[C@@]1(O)C1=CCCC1=O. The first-order valence-corrected chi connectivity index (χ1v) is 6.91. The second kappa shape index (κ2) is 4.56. The van der Waals surface area contributed by atoms with Crippen LogP contribution in [0.25, 0.3) is 0 Å². The molecule has 0 amide bonds. The molecule has 1 N–H and O–H groups in total. The predicted octanol–water partition coefficient (Wildman–Crippen LogP) is 3.10. The highest BCUT2D eigenvalue weighted by molar-refractivity contribution is 5.99. The van der Waals surface area contributed by atoms with Crippen LogP contribution in [-0.2, 0) is 4.79 Å². The summed E-state index contributed by atoms with van der Waals surface area (Å²) in [4.78, 5) is 11.9. The topological polar surface area (TPSA) is 37.3 Å². The Kier molecular flexibility index (Phi) is 3.44. The molecule has 17 heavy (non-hydrogen) atoms. The van der Waals surface area contributed by atoms with Crippen LogP contribution in [0.1, 0.15) is 52.9 Å². The minimum Gasteiger partial charge on any atom is -0.385 e. The van der Waals surface area contributed by atoms with Crippen LogP contribution in [0.3, 0.4) is 0 Å². The van der Waals surface area contributed by atoms with Crippen molar-refractivity contribution in [2.75, 3.05) is 0 Å². The Bertz CT molecular complexity index is 343. The molecule has 0 heterocycles. The fourth-order valence-electron chi connectivity index (χ4n) is 3.70. The number of carbonyl (C=O) groups is 1. The van der Waals surface area contributed by atoms with Crippen LogP contribution < -0.4 is 0 Å². The molecule has 2 heteroatoms. The van der Waals surface area contributed by atoms with Crippen molar-refractivity contribution >= 4 is 5.78 Å². The van der Waals surface area contributed by atoms with Crippen molar-refractivity contribution < 1.29 is 9.90 Å². The Balaban J connectivity index is 2.32. The van der Waals surface area contributed by atoms with E-state index in [1.165, 1.54) is 6.42 Å². The van der Waals surface area contributed by atoms with Gasteiger partial charge >= 0.3 is 0 Å². The number of carbonyl (C=O) groups excluding carboxylic acids is 1. The van der Waals surface area contributed by atoms with Crippen LogP contribution in [-0.4, -0.2) is 16.5 Å². The summed E-state index contributed by atoms with van der Waals surface area (Å²) < 4.78 is 0. The van der Waals surface area contributed by atoms with E-state index < -0.39 is 5.60 Å². The van der Waals surface area contributed by atoms with E-state index in [1.807, 2.05) is 6.08 Å². The third-order valence-corrected chi connectivity index (χ3v) is 4.53. The summed E-state index contributed by atoms with van der Waals surface area (Å²) in [6, 6.07) is 0. The van der Waals surface area contributed by atoms with Crippen LogP contribution in [0.4, 0.5) is 0 Å². The molecule has 2 aliphatic carbocycles. The van der Waals surface area contributed by atoms with Crippen molar-refractivity contribution in [1.82, 2.24) is 0 Å². The number of allylic oxidation sites excluding steroid dienone is 1. The number of ketones is 1. The lowest BCUT2D eigenvalue weighted by Crippen LogP contribution is -2.48. The molecule has 0 aromatic heterocycles. The fourth-order valence-corrected chi connectivity index (χ4v) is 3.70. The molecule has 1 saturated carbocycles. The highest BCUT2D eigenvalue weighted by atomic mass is 16.3. The van der Waals surface area contributed by atoms with Gasteiger partial charge in [-0.3, -0.25) is 4.79 Å². The molecule has 0 unspecified atom stereocenters. The summed E-state index contributed by atoms with van der Waals surface area (Å²) in [6.45, 7) is 6.50. The monoisotopic (exact) mass is 236 g/mol. The third kappa shape index (κ3) is 2.20. The van der Waals surface area contributed by atoms with Gasteiger partial charge in [-0.2, -0.15) is 0 Å². The van der Waals surface area contributed by atoms with Gasteiger partial charge in [0.25, 0.3) is 0 Å². The third-order valence-electron chi connectivity index (χ3n) is 4.53. The summed E-state index contributed by atoms with van der Waals surface area (Å²) in [5.41, 5.74) is -0.123.